The van der Waals surface area contributed by atoms with Gasteiger partial charge < -0.3 is 5.11 Å². The van der Waals surface area contributed by atoms with E-state index in [1.54, 1.807) is 10.9 Å². The Balaban J connectivity index is 1.88. The van der Waals surface area contributed by atoms with Crippen molar-refractivity contribution in [2.75, 3.05) is 0 Å². The van der Waals surface area contributed by atoms with E-state index in [4.69, 9.17) is 5.11 Å². The van der Waals surface area contributed by atoms with Crippen molar-refractivity contribution in [3.63, 3.8) is 0 Å². The van der Waals surface area contributed by atoms with Crippen LogP contribution in [0, 0.1) is 0 Å². The molecule has 0 radical (unpaired) electrons. The molecule has 0 bridgehead atoms. The number of nitrogens with zero attached hydrogens (tertiary/aromatic N) is 3. The first-order valence-electron chi connectivity index (χ1n) is 7.19. The fourth-order valence-corrected chi connectivity index (χ4v) is 2.96. The Kier molecular flexibility index (Phi) is 3.77. The molecule has 3 rings (SSSR count). The van der Waals surface area contributed by atoms with Crippen LogP contribution >= 0.6 is 11.3 Å². The number of rotatable bonds is 3. The fourth-order valence-electron chi connectivity index (χ4n) is 2.19. The van der Waals surface area contributed by atoms with Crippen molar-refractivity contribution in [1.82, 2.24) is 14.8 Å². The molecule has 0 saturated carbocycles. The average Bonchev–Trinajstić information content (AvgIpc) is 3.15. The summed E-state index contributed by atoms with van der Waals surface area (Å²) in [6.45, 7) is 6.53. The molecule has 0 aliphatic rings. The zero-order valence-electron chi connectivity index (χ0n) is 13.1. The SMILES string of the molecule is CC(C)(C)c1ccc(-n2cc(-c3nc(C(=O)O)cs3)cn2)cc1. The van der Waals surface area contributed by atoms with Crippen molar-refractivity contribution < 1.29 is 9.90 Å². The summed E-state index contributed by atoms with van der Waals surface area (Å²) in [6, 6.07) is 8.26. The van der Waals surface area contributed by atoms with Gasteiger partial charge in [-0.2, -0.15) is 5.10 Å². The van der Waals surface area contributed by atoms with Crippen LogP contribution in [0.3, 0.4) is 0 Å². The second-order valence-corrected chi connectivity index (χ2v) is 7.17. The second kappa shape index (κ2) is 5.62. The van der Waals surface area contributed by atoms with Gasteiger partial charge in [-0.25, -0.2) is 14.5 Å². The average molecular weight is 327 g/mol. The molecule has 2 aromatic heterocycles. The highest BCUT2D eigenvalue weighted by molar-refractivity contribution is 7.13. The van der Waals surface area contributed by atoms with Gasteiger partial charge in [0, 0.05) is 17.1 Å². The molecule has 6 heteroatoms. The topological polar surface area (TPSA) is 68.0 Å². The van der Waals surface area contributed by atoms with Crippen molar-refractivity contribution in [2.45, 2.75) is 26.2 Å². The molecular formula is C17H17N3O2S. The molecule has 118 valence electrons. The lowest BCUT2D eigenvalue weighted by atomic mass is 9.87. The molecule has 1 N–H and O–H groups in total. The first-order valence-corrected chi connectivity index (χ1v) is 8.07. The van der Waals surface area contributed by atoms with E-state index in [0.29, 0.717) is 5.01 Å². The Bertz CT molecular complexity index is 841. The quantitative estimate of drug-likeness (QED) is 0.790. The molecule has 0 aliphatic carbocycles. The maximum absolute atomic E-state index is 10.9. The van der Waals surface area contributed by atoms with E-state index in [-0.39, 0.29) is 11.1 Å². The summed E-state index contributed by atoms with van der Waals surface area (Å²) in [5.41, 5.74) is 3.20. The lowest BCUT2D eigenvalue weighted by Crippen LogP contribution is -2.10. The number of hydrogen-bond donors (Lipinski definition) is 1. The maximum Gasteiger partial charge on any atom is 0.355 e. The van der Waals surface area contributed by atoms with Gasteiger partial charge in [-0.15, -0.1) is 11.3 Å². The van der Waals surface area contributed by atoms with Crippen LogP contribution in [0.15, 0.2) is 42.0 Å². The van der Waals surface area contributed by atoms with Gasteiger partial charge in [0.2, 0.25) is 0 Å². The van der Waals surface area contributed by atoms with Gasteiger partial charge in [0.1, 0.15) is 5.01 Å². The minimum Gasteiger partial charge on any atom is -0.476 e. The molecule has 0 aliphatic heterocycles. The number of hydrogen-bond acceptors (Lipinski definition) is 4. The van der Waals surface area contributed by atoms with Crippen LogP contribution in [0.1, 0.15) is 36.8 Å². The van der Waals surface area contributed by atoms with Crippen LogP contribution in [0.5, 0.6) is 0 Å². The number of carboxylic acids is 1. The third kappa shape index (κ3) is 3.17. The highest BCUT2D eigenvalue weighted by atomic mass is 32.1. The summed E-state index contributed by atoms with van der Waals surface area (Å²) in [5, 5.41) is 15.5. The van der Waals surface area contributed by atoms with Gasteiger partial charge in [0.05, 0.1) is 11.9 Å². The molecule has 0 atom stereocenters. The lowest BCUT2D eigenvalue weighted by molar-refractivity contribution is 0.0691. The Morgan fingerprint density at radius 2 is 1.91 bits per heavy atom. The smallest absolute Gasteiger partial charge is 0.355 e. The van der Waals surface area contributed by atoms with E-state index < -0.39 is 5.97 Å². The van der Waals surface area contributed by atoms with Gasteiger partial charge in [-0.3, -0.25) is 0 Å². The van der Waals surface area contributed by atoms with Crippen LogP contribution in [0.25, 0.3) is 16.3 Å². The molecule has 1 aromatic carbocycles. The van der Waals surface area contributed by atoms with E-state index in [9.17, 15) is 4.79 Å². The number of carbonyl (C=O) groups is 1. The van der Waals surface area contributed by atoms with E-state index in [2.05, 4.69) is 43.0 Å². The van der Waals surface area contributed by atoms with Crippen LogP contribution < -0.4 is 0 Å². The third-order valence-corrected chi connectivity index (χ3v) is 4.44. The molecule has 5 nitrogen and oxygen atoms in total. The molecule has 0 spiro atoms. The van der Waals surface area contributed by atoms with Crippen LogP contribution in [-0.4, -0.2) is 25.8 Å². The van der Waals surface area contributed by atoms with Crippen molar-refractivity contribution in [2.24, 2.45) is 0 Å². The maximum atomic E-state index is 10.9. The molecule has 3 aromatic rings. The Morgan fingerprint density at radius 3 is 2.48 bits per heavy atom. The van der Waals surface area contributed by atoms with E-state index in [1.165, 1.54) is 22.3 Å². The Morgan fingerprint density at radius 1 is 1.22 bits per heavy atom. The third-order valence-electron chi connectivity index (χ3n) is 3.55. The molecule has 2 heterocycles. The summed E-state index contributed by atoms with van der Waals surface area (Å²) >= 11 is 1.30. The van der Waals surface area contributed by atoms with Crippen molar-refractivity contribution in [1.29, 1.82) is 0 Å². The number of aromatic nitrogens is 3. The van der Waals surface area contributed by atoms with E-state index >= 15 is 0 Å². The molecule has 0 unspecified atom stereocenters. The van der Waals surface area contributed by atoms with Gasteiger partial charge >= 0.3 is 5.97 Å². The number of carboxylic acid groups (broad SMARTS) is 1. The molecular weight excluding hydrogens is 310 g/mol. The zero-order valence-corrected chi connectivity index (χ0v) is 14.0. The standard InChI is InChI=1S/C17H17N3O2S/c1-17(2,3)12-4-6-13(7-5-12)20-9-11(8-18-20)15-19-14(10-23-15)16(21)22/h4-10H,1-3H3,(H,21,22). The first kappa shape index (κ1) is 15.4. The predicted molar refractivity (Wildman–Crippen MR) is 90.3 cm³/mol. The zero-order chi connectivity index (χ0) is 16.6. The van der Waals surface area contributed by atoms with Crippen molar-refractivity contribution >= 4 is 17.3 Å². The predicted octanol–water partition coefficient (Wildman–Crippen LogP) is 3.99. The fraction of sp³-hybridized carbons (Fsp3) is 0.235. The number of thiazole rings is 1. The summed E-state index contributed by atoms with van der Waals surface area (Å²) in [5.74, 6) is -1.02. The van der Waals surface area contributed by atoms with Gasteiger partial charge in [0.15, 0.2) is 5.69 Å². The van der Waals surface area contributed by atoms with Crippen molar-refractivity contribution in [3.05, 3.63) is 53.3 Å². The highest BCUT2D eigenvalue weighted by Gasteiger charge is 2.14. The largest absolute Gasteiger partial charge is 0.476 e. The van der Waals surface area contributed by atoms with Crippen LogP contribution in [-0.2, 0) is 5.41 Å². The van der Waals surface area contributed by atoms with Crippen molar-refractivity contribution in [3.8, 4) is 16.3 Å². The number of aromatic carboxylic acids is 1. The molecule has 0 fully saturated rings. The summed E-state index contributed by atoms with van der Waals surface area (Å²) in [7, 11) is 0. The first-order chi connectivity index (χ1) is 10.8. The minimum absolute atomic E-state index is 0.0623. The summed E-state index contributed by atoms with van der Waals surface area (Å²) in [4.78, 5) is 15.0. The second-order valence-electron chi connectivity index (χ2n) is 6.31. The Labute approximate surface area is 138 Å². The van der Waals surface area contributed by atoms with Gasteiger partial charge in [0.25, 0.3) is 0 Å². The van der Waals surface area contributed by atoms with Crippen LogP contribution in [0.4, 0.5) is 0 Å². The lowest BCUT2D eigenvalue weighted by Gasteiger charge is -2.19. The monoisotopic (exact) mass is 327 g/mol. The molecule has 0 amide bonds. The minimum atomic E-state index is -1.02. The van der Waals surface area contributed by atoms with Crippen LogP contribution in [0.2, 0.25) is 0 Å². The highest BCUT2D eigenvalue weighted by Crippen LogP contribution is 2.26. The Hall–Kier alpha value is -2.47. The van der Waals surface area contributed by atoms with Gasteiger partial charge in [-0.1, -0.05) is 32.9 Å². The van der Waals surface area contributed by atoms with Gasteiger partial charge in [-0.05, 0) is 23.1 Å². The van der Waals surface area contributed by atoms with E-state index in [0.717, 1.165) is 11.3 Å². The summed E-state index contributed by atoms with van der Waals surface area (Å²) < 4.78 is 1.77. The molecule has 0 saturated heterocycles. The molecule has 23 heavy (non-hydrogen) atoms. The normalized spacial score (nSPS) is 11.6. The number of benzene rings is 1. The van der Waals surface area contributed by atoms with E-state index in [1.807, 2.05) is 18.3 Å². The summed E-state index contributed by atoms with van der Waals surface area (Å²) in [6.07, 6.45) is 3.55.